The van der Waals surface area contributed by atoms with Gasteiger partial charge in [-0.3, -0.25) is 4.79 Å². The van der Waals surface area contributed by atoms with Gasteiger partial charge in [0.15, 0.2) is 0 Å². The molecule has 0 saturated heterocycles. The topological polar surface area (TPSA) is 32.3 Å². The zero-order valence-electron chi connectivity index (χ0n) is 8.80. The van der Waals surface area contributed by atoms with Crippen molar-refractivity contribution in [3.05, 3.63) is 0 Å². The second-order valence-corrected chi connectivity index (χ2v) is 4.14. The first-order valence-electron chi connectivity index (χ1n) is 4.57. The van der Waals surface area contributed by atoms with E-state index < -0.39 is 5.38 Å². The van der Waals surface area contributed by atoms with Crippen LogP contribution in [0.5, 0.6) is 0 Å². The number of nitrogens with zero attached hydrogens (tertiary/aromatic N) is 1. The molecule has 1 amide bonds. The molecule has 1 N–H and O–H groups in total. The van der Waals surface area contributed by atoms with Crippen molar-refractivity contribution in [2.45, 2.75) is 32.2 Å². The monoisotopic (exact) mass is 206 g/mol. The quantitative estimate of drug-likeness (QED) is 0.683. The summed E-state index contributed by atoms with van der Waals surface area (Å²) in [6, 6.07) is 0.505. The summed E-state index contributed by atoms with van der Waals surface area (Å²) in [6.07, 6.45) is 0. The molecule has 13 heavy (non-hydrogen) atoms. The second kappa shape index (κ2) is 6.22. The van der Waals surface area contributed by atoms with Crippen molar-refractivity contribution < 1.29 is 4.79 Å². The summed E-state index contributed by atoms with van der Waals surface area (Å²) in [7, 11) is 2.03. The number of carbonyl (C=O) groups is 1. The summed E-state index contributed by atoms with van der Waals surface area (Å²) in [4.78, 5) is 13.2. The maximum absolute atomic E-state index is 11.0. The lowest BCUT2D eigenvalue weighted by molar-refractivity contribution is -0.120. The Morgan fingerprint density at radius 2 is 2.00 bits per heavy atom. The molecule has 0 bridgehead atoms. The van der Waals surface area contributed by atoms with Gasteiger partial charge in [-0.15, -0.1) is 11.6 Å². The first-order chi connectivity index (χ1) is 5.95. The van der Waals surface area contributed by atoms with Crippen LogP contribution in [0.3, 0.4) is 0 Å². The van der Waals surface area contributed by atoms with E-state index in [2.05, 4.69) is 24.1 Å². The van der Waals surface area contributed by atoms with Gasteiger partial charge in [-0.1, -0.05) is 0 Å². The summed E-state index contributed by atoms with van der Waals surface area (Å²) < 4.78 is 0. The lowest BCUT2D eigenvalue weighted by Crippen LogP contribution is -2.38. The van der Waals surface area contributed by atoms with Gasteiger partial charge >= 0.3 is 0 Å². The molecule has 0 heterocycles. The van der Waals surface area contributed by atoms with Gasteiger partial charge in [-0.2, -0.15) is 0 Å². The molecule has 0 saturated carbocycles. The van der Waals surface area contributed by atoms with Crippen molar-refractivity contribution in [1.29, 1.82) is 0 Å². The molecule has 78 valence electrons. The third-order valence-corrected chi connectivity index (χ3v) is 2.20. The van der Waals surface area contributed by atoms with Crippen LogP contribution in [0.2, 0.25) is 0 Å². The van der Waals surface area contributed by atoms with Gasteiger partial charge in [0.2, 0.25) is 5.91 Å². The Labute approximate surface area is 85.4 Å². The van der Waals surface area contributed by atoms with Crippen LogP contribution in [-0.2, 0) is 4.79 Å². The summed E-state index contributed by atoms with van der Waals surface area (Å²) >= 11 is 5.58. The van der Waals surface area contributed by atoms with E-state index >= 15 is 0 Å². The van der Waals surface area contributed by atoms with Crippen LogP contribution in [0.15, 0.2) is 0 Å². The van der Waals surface area contributed by atoms with Gasteiger partial charge in [0.25, 0.3) is 0 Å². The fourth-order valence-electron chi connectivity index (χ4n) is 0.754. The number of hydrogen-bond acceptors (Lipinski definition) is 2. The van der Waals surface area contributed by atoms with Gasteiger partial charge in [0, 0.05) is 19.1 Å². The van der Waals surface area contributed by atoms with Crippen LogP contribution in [-0.4, -0.2) is 42.4 Å². The van der Waals surface area contributed by atoms with Gasteiger partial charge in [0.1, 0.15) is 5.38 Å². The Kier molecular flexibility index (Phi) is 6.08. The van der Waals surface area contributed by atoms with Gasteiger partial charge in [0.05, 0.1) is 0 Å². The average molecular weight is 207 g/mol. The number of rotatable bonds is 5. The number of nitrogens with one attached hydrogen (secondary N) is 1. The smallest absolute Gasteiger partial charge is 0.237 e. The predicted molar refractivity (Wildman–Crippen MR) is 56.1 cm³/mol. The minimum absolute atomic E-state index is 0.0983. The van der Waals surface area contributed by atoms with E-state index in [1.165, 1.54) is 0 Å². The number of amides is 1. The number of alkyl halides is 1. The van der Waals surface area contributed by atoms with E-state index in [0.717, 1.165) is 6.54 Å². The Morgan fingerprint density at radius 3 is 2.38 bits per heavy atom. The third kappa shape index (κ3) is 5.88. The zero-order chi connectivity index (χ0) is 10.4. The number of halogens is 1. The minimum Gasteiger partial charge on any atom is -0.354 e. The first kappa shape index (κ1) is 12.7. The molecule has 0 aromatic rings. The number of carbonyl (C=O) groups excluding carboxylic acids is 1. The Bertz CT molecular complexity index is 160. The van der Waals surface area contributed by atoms with Crippen molar-refractivity contribution in [1.82, 2.24) is 10.2 Å². The molecular weight excluding hydrogens is 188 g/mol. The maximum Gasteiger partial charge on any atom is 0.237 e. The van der Waals surface area contributed by atoms with Crippen molar-refractivity contribution in [3.63, 3.8) is 0 Å². The van der Waals surface area contributed by atoms with E-state index in [9.17, 15) is 4.79 Å². The molecule has 3 nitrogen and oxygen atoms in total. The summed E-state index contributed by atoms with van der Waals surface area (Å²) in [5.74, 6) is -0.0983. The molecule has 0 aliphatic carbocycles. The standard InChI is InChI=1S/C9H19ClN2O/c1-7(2)12(4)6-5-11-9(13)8(3)10/h7-8H,5-6H2,1-4H3,(H,11,13). The highest BCUT2D eigenvalue weighted by molar-refractivity contribution is 6.30. The second-order valence-electron chi connectivity index (χ2n) is 3.48. The van der Waals surface area contributed by atoms with E-state index in [1.807, 2.05) is 7.05 Å². The molecule has 0 aliphatic heterocycles. The molecule has 0 aromatic carbocycles. The third-order valence-electron chi connectivity index (χ3n) is 2.01. The fourth-order valence-corrected chi connectivity index (χ4v) is 0.831. The highest BCUT2D eigenvalue weighted by atomic mass is 35.5. The summed E-state index contributed by atoms with van der Waals surface area (Å²) in [5, 5.41) is 2.31. The van der Waals surface area contributed by atoms with E-state index in [-0.39, 0.29) is 5.91 Å². The Morgan fingerprint density at radius 1 is 1.46 bits per heavy atom. The number of likely N-dealkylation sites (N-methyl/N-ethyl adjacent to an activating group) is 1. The molecule has 1 unspecified atom stereocenters. The van der Waals surface area contributed by atoms with Crippen molar-refractivity contribution in [3.8, 4) is 0 Å². The summed E-state index contributed by atoms with van der Waals surface area (Å²) in [5.41, 5.74) is 0. The van der Waals surface area contributed by atoms with E-state index in [1.54, 1.807) is 6.92 Å². The Hall–Kier alpha value is -0.280. The molecular formula is C9H19ClN2O. The molecule has 0 fully saturated rings. The lowest BCUT2D eigenvalue weighted by atomic mass is 10.3. The highest BCUT2D eigenvalue weighted by Gasteiger charge is 2.08. The van der Waals surface area contributed by atoms with E-state index in [0.29, 0.717) is 12.6 Å². The Balaban J connectivity index is 3.51. The predicted octanol–water partition coefficient (Wildman–Crippen LogP) is 1.07. The molecule has 0 aliphatic rings. The van der Waals surface area contributed by atoms with Crippen LogP contribution >= 0.6 is 11.6 Å². The van der Waals surface area contributed by atoms with Crippen LogP contribution < -0.4 is 5.32 Å². The van der Waals surface area contributed by atoms with Crippen LogP contribution in [0.1, 0.15) is 20.8 Å². The zero-order valence-corrected chi connectivity index (χ0v) is 9.56. The highest BCUT2D eigenvalue weighted by Crippen LogP contribution is 1.93. The van der Waals surface area contributed by atoms with Crippen LogP contribution in [0.25, 0.3) is 0 Å². The van der Waals surface area contributed by atoms with Gasteiger partial charge in [-0.25, -0.2) is 0 Å². The van der Waals surface area contributed by atoms with Crippen LogP contribution in [0.4, 0.5) is 0 Å². The van der Waals surface area contributed by atoms with Crippen molar-refractivity contribution in [2.75, 3.05) is 20.1 Å². The fraction of sp³-hybridized carbons (Fsp3) is 0.889. The normalized spacial score (nSPS) is 13.5. The largest absolute Gasteiger partial charge is 0.354 e. The molecule has 0 aromatic heterocycles. The molecule has 1 atom stereocenters. The minimum atomic E-state index is -0.440. The molecule has 4 heteroatoms. The first-order valence-corrected chi connectivity index (χ1v) is 5.00. The SMILES string of the molecule is CC(Cl)C(=O)NCCN(C)C(C)C. The molecule has 0 spiro atoms. The lowest BCUT2D eigenvalue weighted by Gasteiger charge is -2.21. The maximum atomic E-state index is 11.0. The van der Waals surface area contributed by atoms with Gasteiger partial charge < -0.3 is 10.2 Å². The summed E-state index contributed by atoms with van der Waals surface area (Å²) in [6.45, 7) is 7.42. The molecule has 0 radical (unpaired) electrons. The van der Waals surface area contributed by atoms with E-state index in [4.69, 9.17) is 11.6 Å². The average Bonchev–Trinajstić information content (AvgIpc) is 2.03. The van der Waals surface area contributed by atoms with Crippen molar-refractivity contribution >= 4 is 17.5 Å². The van der Waals surface area contributed by atoms with Crippen LogP contribution in [0, 0.1) is 0 Å². The molecule has 0 rings (SSSR count). The van der Waals surface area contributed by atoms with Gasteiger partial charge in [-0.05, 0) is 27.8 Å². The van der Waals surface area contributed by atoms with Crippen molar-refractivity contribution in [2.24, 2.45) is 0 Å². The number of hydrogen-bond donors (Lipinski definition) is 1.